The molecule has 0 unspecified atom stereocenters. The van der Waals surface area contributed by atoms with Crippen molar-refractivity contribution in [1.29, 1.82) is 0 Å². The standard InChI is InChI=1S/C20H41N5O2/c1-5-22-10-12-23(6-2)14-16-25(17-15-24(7-3)13-11-22)18-20(27)21-9-8-19(4)26/h5-18H2,1-4H3,(H,21,27). The zero-order valence-corrected chi connectivity index (χ0v) is 18.0. The van der Waals surface area contributed by atoms with Crippen molar-refractivity contribution in [2.24, 2.45) is 0 Å². The molecule has 1 saturated heterocycles. The number of amides is 1. The monoisotopic (exact) mass is 383 g/mol. The number of nitrogens with zero attached hydrogens (tertiary/aromatic N) is 4. The van der Waals surface area contributed by atoms with E-state index in [-0.39, 0.29) is 11.7 Å². The third kappa shape index (κ3) is 10.8. The topological polar surface area (TPSA) is 59.1 Å². The highest BCUT2D eigenvalue weighted by Gasteiger charge is 2.16. The quantitative estimate of drug-likeness (QED) is 0.653. The Bertz CT molecular complexity index is 413. The minimum absolute atomic E-state index is 0.0200. The number of hydrogen-bond acceptors (Lipinski definition) is 6. The Balaban J connectivity index is 2.62. The second-order valence-electron chi connectivity index (χ2n) is 7.38. The molecule has 0 aliphatic carbocycles. The summed E-state index contributed by atoms with van der Waals surface area (Å²) in [7, 11) is 0. The zero-order valence-electron chi connectivity index (χ0n) is 18.0. The zero-order chi connectivity index (χ0) is 20.1. The number of rotatable bonds is 8. The van der Waals surface area contributed by atoms with E-state index in [1.165, 1.54) is 0 Å². The van der Waals surface area contributed by atoms with E-state index < -0.39 is 0 Å². The van der Waals surface area contributed by atoms with Crippen LogP contribution in [-0.2, 0) is 9.59 Å². The van der Waals surface area contributed by atoms with Gasteiger partial charge in [0.05, 0.1) is 6.54 Å². The van der Waals surface area contributed by atoms with Crippen molar-refractivity contribution in [3.05, 3.63) is 0 Å². The van der Waals surface area contributed by atoms with Gasteiger partial charge in [0.15, 0.2) is 0 Å². The molecular formula is C20H41N5O2. The van der Waals surface area contributed by atoms with E-state index in [1.807, 2.05) is 0 Å². The van der Waals surface area contributed by atoms with Crippen LogP contribution in [-0.4, -0.2) is 116 Å². The molecule has 0 aromatic heterocycles. The van der Waals surface area contributed by atoms with E-state index in [2.05, 4.69) is 45.7 Å². The van der Waals surface area contributed by atoms with Crippen LogP contribution in [0.15, 0.2) is 0 Å². The van der Waals surface area contributed by atoms with E-state index in [4.69, 9.17) is 0 Å². The third-order valence-electron chi connectivity index (χ3n) is 5.44. The van der Waals surface area contributed by atoms with Gasteiger partial charge in [-0.25, -0.2) is 0 Å². The van der Waals surface area contributed by atoms with Crippen molar-refractivity contribution in [2.45, 2.75) is 34.1 Å². The van der Waals surface area contributed by atoms with Crippen LogP contribution in [0.25, 0.3) is 0 Å². The molecule has 1 aliphatic rings. The van der Waals surface area contributed by atoms with Crippen molar-refractivity contribution in [3.8, 4) is 0 Å². The number of nitrogens with one attached hydrogen (secondary N) is 1. The maximum Gasteiger partial charge on any atom is 0.234 e. The van der Waals surface area contributed by atoms with Crippen LogP contribution in [0, 0.1) is 0 Å². The number of likely N-dealkylation sites (N-methyl/N-ethyl adjacent to an activating group) is 3. The van der Waals surface area contributed by atoms with Crippen LogP contribution in [0.4, 0.5) is 0 Å². The molecule has 0 radical (unpaired) electrons. The molecule has 0 aromatic carbocycles. The highest BCUT2D eigenvalue weighted by Crippen LogP contribution is 2.00. The molecule has 0 spiro atoms. The van der Waals surface area contributed by atoms with Gasteiger partial charge in [0.2, 0.25) is 5.91 Å². The van der Waals surface area contributed by atoms with Crippen LogP contribution in [0.1, 0.15) is 34.1 Å². The smallest absolute Gasteiger partial charge is 0.234 e. The second-order valence-corrected chi connectivity index (χ2v) is 7.38. The Morgan fingerprint density at radius 1 is 0.704 bits per heavy atom. The van der Waals surface area contributed by atoms with Crippen LogP contribution in [0.3, 0.4) is 0 Å². The van der Waals surface area contributed by atoms with Crippen LogP contribution >= 0.6 is 0 Å². The van der Waals surface area contributed by atoms with E-state index in [9.17, 15) is 9.59 Å². The summed E-state index contributed by atoms with van der Waals surface area (Å²) in [6, 6.07) is 0. The molecule has 7 heteroatoms. The highest BCUT2D eigenvalue weighted by molar-refractivity contribution is 5.79. The first kappa shape index (κ1) is 24.0. The maximum absolute atomic E-state index is 12.3. The average Bonchev–Trinajstić information content (AvgIpc) is 2.64. The van der Waals surface area contributed by atoms with Crippen LogP contribution in [0.2, 0.25) is 0 Å². The summed E-state index contributed by atoms with van der Waals surface area (Å²) < 4.78 is 0. The summed E-state index contributed by atoms with van der Waals surface area (Å²) >= 11 is 0. The molecule has 0 aromatic rings. The molecule has 0 saturated carbocycles. The summed E-state index contributed by atoms with van der Waals surface area (Å²) in [5.74, 6) is 0.131. The van der Waals surface area contributed by atoms with Crippen LogP contribution in [0.5, 0.6) is 0 Å². The van der Waals surface area contributed by atoms with Crippen LogP contribution < -0.4 is 5.32 Å². The SMILES string of the molecule is CCN1CCN(CC)CCN(CC(=O)NCCC(C)=O)CCN(CC)CC1. The number of Topliss-reactive ketones (excluding diaryl/α,β-unsaturated/α-hetero) is 1. The first-order valence-corrected chi connectivity index (χ1v) is 10.6. The Morgan fingerprint density at radius 3 is 1.41 bits per heavy atom. The van der Waals surface area contributed by atoms with E-state index in [0.29, 0.717) is 19.5 Å². The highest BCUT2D eigenvalue weighted by atomic mass is 16.2. The molecule has 7 nitrogen and oxygen atoms in total. The van der Waals surface area contributed by atoms with Crippen molar-refractivity contribution < 1.29 is 9.59 Å². The average molecular weight is 384 g/mol. The fourth-order valence-corrected chi connectivity index (χ4v) is 3.32. The van der Waals surface area contributed by atoms with E-state index in [0.717, 1.165) is 72.0 Å². The number of hydrogen-bond donors (Lipinski definition) is 1. The molecule has 1 aliphatic heterocycles. The molecule has 158 valence electrons. The lowest BCUT2D eigenvalue weighted by atomic mass is 10.3. The molecule has 1 N–H and O–H groups in total. The van der Waals surface area contributed by atoms with Gasteiger partial charge in [0, 0.05) is 65.3 Å². The third-order valence-corrected chi connectivity index (χ3v) is 5.44. The predicted octanol–water partition coefficient (Wildman–Crippen LogP) is 0.363. The summed E-state index contributed by atoms with van der Waals surface area (Å²) in [6.45, 7) is 20.4. The first-order valence-electron chi connectivity index (χ1n) is 10.6. The Kier molecular flexibility index (Phi) is 12.5. The maximum atomic E-state index is 12.3. The molecule has 1 heterocycles. The summed E-state index contributed by atoms with van der Waals surface area (Å²) in [4.78, 5) is 33.0. The summed E-state index contributed by atoms with van der Waals surface area (Å²) in [6.07, 6.45) is 0.410. The Labute approximate surface area is 166 Å². The van der Waals surface area contributed by atoms with Crippen molar-refractivity contribution in [3.63, 3.8) is 0 Å². The van der Waals surface area contributed by atoms with Gasteiger partial charge in [-0.15, -0.1) is 0 Å². The van der Waals surface area contributed by atoms with Gasteiger partial charge < -0.3 is 20.0 Å². The van der Waals surface area contributed by atoms with Gasteiger partial charge in [-0.1, -0.05) is 20.8 Å². The van der Waals surface area contributed by atoms with Gasteiger partial charge in [0.1, 0.15) is 5.78 Å². The summed E-state index contributed by atoms with van der Waals surface area (Å²) in [5, 5.41) is 2.88. The molecule has 0 atom stereocenters. The minimum Gasteiger partial charge on any atom is -0.355 e. The number of ketones is 1. The second kappa shape index (κ2) is 14.0. The van der Waals surface area contributed by atoms with E-state index >= 15 is 0 Å². The largest absolute Gasteiger partial charge is 0.355 e. The first-order chi connectivity index (χ1) is 13.0. The number of carbonyl (C=O) groups is 2. The van der Waals surface area contributed by atoms with Crippen molar-refractivity contribution in [1.82, 2.24) is 24.9 Å². The van der Waals surface area contributed by atoms with E-state index in [1.54, 1.807) is 6.92 Å². The van der Waals surface area contributed by atoms with Gasteiger partial charge >= 0.3 is 0 Å². The lowest BCUT2D eigenvalue weighted by molar-refractivity contribution is -0.122. The van der Waals surface area contributed by atoms with Gasteiger partial charge in [-0.2, -0.15) is 0 Å². The molecule has 1 rings (SSSR count). The minimum atomic E-state index is 0.0200. The van der Waals surface area contributed by atoms with Crippen molar-refractivity contribution >= 4 is 11.7 Å². The fraction of sp³-hybridized carbons (Fsp3) is 0.900. The molecular weight excluding hydrogens is 342 g/mol. The Hall–Kier alpha value is -1.02. The number of carbonyl (C=O) groups excluding carboxylic acids is 2. The summed E-state index contributed by atoms with van der Waals surface area (Å²) in [5.41, 5.74) is 0. The molecule has 1 fully saturated rings. The predicted molar refractivity (Wildman–Crippen MR) is 111 cm³/mol. The normalized spacial score (nSPS) is 20.0. The van der Waals surface area contributed by atoms with Crippen molar-refractivity contribution in [2.75, 3.05) is 85.1 Å². The fourth-order valence-electron chi connectivity index (χ4n) is 3.32. The lowest BCUT2D eigenvalue weighted by Gasteiger charge is -2.33. The molecule has 1 amide bonds. The molecule has 27 heavy (non-hydrogen) atoms. The van der Waals surface area contributed by atoms with Gasteiger partial charge in [-0.3, -0.25) is 14.5 Å². The van der Waals surface area contributed by atoms with Gasteiger partial charge in [0.25, 0.3) is 0 Å². The molecule has 0 bridgehead atoms. The van der Waals surface area contributed by atoms with Gasteiger partial charge in [-0.05, 0) is 26.6 Å². The Morgan fingerprint density at radius 2 is 1.07 bits per heavy atom. The lowest BCUT2D eigenvalue weighted by Crippen LogP contribution is -2.48.